The van der Waals surface area contributed by atoms with E-state index in [1.54, 1.807) is 0 Å². The third-order valence-electron chi connectivity index (χ3n) is 12.3. The molecule has 0 aliphatic carbocycles. The minimum Gasteiger partial charge on any atom is -0.507 e. The van der Waals surface area contributed by atoms with E-state index in [1.165, 1.54) is 27.8 Å². The van der Waals surface area contributed by atoms with Crippen LogP contribution in [0.1, 0.15) is 111 Å². The molecule has 5 heteroatoms. The van der Waals surface area contributed by atoms with Crippen LogP contribution >= 0.6 is 0 Å². The van der Waals surface area contributed by atoms with Crippen LogP contribution in [0.3, 0.4) is 0 Å². The van der Waals surface area contributed by atoms with E-state index < -0.39 is 0 Å². The molecule has 0 bridgehead atoms. The molecular formula is C59H62N3OPt-. The molecule has 0 fully saturated rings. The number of aryl methyl sites for hydroxylation is 1. The maximum Gasteiger partial charge on any atom is 0.148 e. The van der Waals surface area contributed by atoms with Crippen molar-refractivity contribution in [2.45, 2.75) is 112 Å². The van der Waals surface area contributed by atoms with Crippen molar-refractivity contribution in [1.29, 1.82) is 0 Å². The average Bonchev–Trinajstić information content (AvgIpc) is 3.62. The van der Waals surface area contributed by atoms with E-state index in [9.17, 15) is 5.11 Å². The maximum absolute atomic E-state index is 12.5. The van der Waals surface area contributed by atoms with Gasteiger partial charge in [-0.2, -0.15) is 0 Å². The zero-order valence-corrected chi connectivity index (χ0v) is 42.1. The molecule has 0 radical (unpaired) electrons. The molecule has 0 unspecified atom stereocenters. The van der Waals surface area contributed by atoms with Gasteiger partial charge < -0.3 is 5.11 Å². The number of benzene rings is 6. The number of pyridine rings is 1. The Bertz CT molecular complexity index is 2980. The summed E-state index contributed by atoms with van der Waals surface area (Å²) < 4.78 is 2.26. The molecule has 0 aliphatic rings. The molecule has 0 saturated heterocycles. The molecule has 330 valence electrons. The molecular weight excluding hydrogens is 962 g/mol. The van der Waals surface area contributed by atoms with Crippen LogP contribution in [0, 0.1) is 13.0 Å². The number of aromatic hydroxyl groups is 1. The Labute approximate surface area is 396 Å². The van der Waals surface area contributed by atoms with Crippen molar-refractivity contribution in [2.24, 2.45) is 0 Å². The quantitative estimate of drug-likeness (QED) is 0.169. The van der Waals surface area contributed by atoms with E-state index in [2.05, 4.69) is 228 Å². The first-order valence-electron chi connectivity index (χ1n) is 22.3. The van der Waals surface area contributed by atoms with Crippen LogP contribution < -0.4 is 0 Å². The number of phenolic OH excluding ortho intramolecular Hbond substituents is 1. The third-order valence-corrected chi connectivity index (χ3v) is 12.3. The van der Waals surface area contributed by atoms with Crippen molar-refractivity contribution >= 4 is 11.0 Å². The van der Waals surface area contributed by atoms with Crippen LogP contribution in [0.2, 0.25) is 0 Å². The van der Waals surface area contributed by atoms with E-state index in [-0.39, 0.29) is 48.5 Å². The third kappa shape index (κ3) is 9.18. The SMILES string of the molecule is Cc1ccc(-c2ccnc(-c3[c-]c(-c4cccc5c4nc(-c4cc(C(C)(C)C)cc(C(C)(C)C)c4O)n5-c4ccc(-c5ccccc5)c(C(C)(C)C)c4)cc(C(C)(C)C)c3)c2)cc1.[Pt]. The first kappa shape index (κ1) is 46.4. The monoisotopic (exact) mass is 1020 g/mol. The summed E-state index contributed by atoms with van der Waals surface area (Å²) in [7, 11) is 0. The van der Waals surface area contributed by atoms with Gasteiger partial charge in [0.05, 0.1) is 16.6 Å². The predicted molar refractivity (Wildman–Crippen MR) is 266 cm³/mol. The largest absolute Gasteiger partial charge is 0.507 e. The van der Waals surface area contributed by atoms with Crippen LogP contribution in [0.4, 0.5) is 0 Å². The number of para-hydroxylation sites is 1. The molecule has 4 nitrogen and oxygen atoms in total. The van der Waals surface area contributed by atoms with Crippen molar-refractivity contribution < 1.29 is 26.2 Å². The number of rotatable bonds is 6. The topological polar surface area (TPSA) is 50.9 Å². The summed E-state index contributed by atoms with van der Waals surface area (Å²) in [6.07, 6.45) is 1.90. The van der Waals surface area contributed by atoms with Crippen LogP contribution in [0.25, 0.3) is 72.7 Å². The van der Waals surface area contributed by atoms with Crippen LogP contribution in [0.15, 0.2) is 134 Å². The van der Waals surface area contributed by atoms with Gasteiger partial charge in [-0.15, -0.1) is 29.3 Å². The van der Waals surface area contributed by atoms with Gasteiger partial charge in [0.1, 0.15) is 11.6 Å². The predicted octanol–water partition coefficient (Wildman–Crippen LogP) is 15.8. The van der Waals surface area contributed by atoms with E-state index in [4.69, 9.17) is 9.97 Å². The van der Waals surface area contributed by atoms with Gasteiger partial charge in [0.15, 0.2) is 0 Å². The zero-order valence-electron chi connectivity index (χ0n) is 39.8. The Hall–Kier alpha value is -5.57. The van der Waals surface area contributed by atoms with Gasteiger partial charge >= 0.3 is 0 Å². The van der Waals surface area contributed by atoms with Crippen molar-refractivity contribution in [1.82, 2.24) is 14.5 Å². The number of aromatic nitrogens is 3. The van der Waals surface area contributed by atoms with Gasteiger partial charge in [-0.25, -0.2) is 4.98 Å². The van der Waals surface area contributed by atoms with Crippen molar-refractivity contribution in [2.75, 3.05) is 0 Å². The Morgan fingerprint density at radius 1 is 0.516 bits per heavy atom. The summed E-state index contributed by atoms with van der Waals surface area (Å²) in [4.78, 5) is 10.6. The number of nitrogens with zero attached hydrogens (tertiary/aromatic N) is 3. The fourth-order valence-corrected chi connectivity index (χ4v) is 8.52. The number of phenols is 1. The second kappa shape index (κ2) is 17.1. The summed E-state index contributed by atoms with van der Waals surface area (Å²) in [5.74, 6) is 0.951. The van der Waals surface area contributed by atoms with Crippen LogP contribution in [-0.4, -0.2) is 19.6 Å². The Morgan fingerprint density at radius 2 is 1.16 bits per heavy atom. The molecule has 6 aromatic carbocycles. The fourth-order valence-electron chi connectivity index (χ4n) is 8.52. The van der Waals surface area contributed by atoms with Crippen molar-refractivity contribution in [3.63, 3.8) is 0 Å². The van der Waals surface area contributed by atoms with Gasteiger partial charge in [0.2, 0.25) is 0 Å². The first-order valence-corrected chi connectivity index (χ1v) is 22.3. The average molecular weight is 1020 g/mol. The minimum atomic E-state index is -0.317. The second-order valence-corrected chi connectivity index (χ2v) is 21.5. The summed E-state index contributed by atoms with van der Waals surface area (Å²) in [6.45, 7) is 28.9. The van der Waals surface area contributed by atoms with Crippen LogP contribution in [-0.2, 0) is 42.7 Å². The molecule has 8 rings (SSSR count). The minimum absolute atomic E-state index is 0. The Balaban J connectivity index is 0.00000612. The van der Waals surface area contributed by atoms with Gasteiger partial charge in [0, 0.05) is 44.2 Å². The van der Waals surface area contributed by atoms with E-state index in [0.29, 0.717) is 11.4 Å². The van der Waals surface area contributed by atoms with E-state index >= 15 is 0 Å². The van der Waals surface area contributed by atoms with Gasteiger partial charge in [0.25, 0.3) is 0 Å². The zero-order chi connectivity index (χ0) is 45.2. The summed E-state index contributed by atoms with van der Waals surface area (Å²) in [5.41, 5.74) is 16.7. The van der Waals surface area contributed by atoms with Gasteiger partial charge in [-0.1, -0.05) is 185 Å². The first-order chi connectivity index (χ1) is 29.6. The molecule has 64 heavy (non-hydrogen) atoms. The van der Waals surface area contributed by atoms with E-state index in [1.807, 2.05) is 6.20 Å². The number of fused-ring (bicyclic) bond motifs is 1. The molecule has 0 saturated carbocycles. The molecule has 2 heterocycles. The fraction of sp³-hybridized carbons (Fsp3) is 0.288. The normalized spacial score (nSPS) is 12.4. The molecule has 0 amide bonds. The molecule has 8 aromatic rings. The van der Waals surface area contributed by atoms with E-state index in [0.717, 1.165) is 61.4 Å². The van der Waals surface area contributed by atoms with Crippen molar-refractivity contribution in [3.8, 4) is 67.5 Å². The molecule has 0 atom stereocenters. The van der Waals surface area contributed by atoms with Crippen LogP contribution in [0.5, 0.6) is 5.75 Å². The molecule has 0 spiro atoms. The number of imidazole rings is 1. The number of hydrogen-bond donors (Lipinski definition) is 1. The molecule has 0 aliphatic heterocycles. The Kier molecular flexibility index (Phi) is 12.4. The maximum atomic E-state index is 12.5. The molecule has 1 N–H and O–H groups in total. The summed E-state index contributed by atoms with van der Waals surface area (Å²) >= 11 is 0. The second-order valence-electron chi connectivity index (χ2n) is 21.5. The van der Waals surface area contributed by atoms with Gasteiger partial charge in [-0.05, 0) is 92.3 Å². The Morgan fingerprint density at radius 3 is 1.80 bits per heavy atom. The van der Waals surface area contributed by atoms with Crippen molar-refractivity contribution in [3.05, 3.63) is 167 Å². The summed E-state index contributed by atoms with van der Waals surface area (Å²) in [6, 6.07) is 49.4. The smallest absolute Gasteiger partial charge is 0.148 e. The standard InChI is InChI=1S/C59H62N3O.Pt/c1-37-22-24-38(25-23-37)40-28-29-60-51(33-40)42-30-41(31-43(32-42)56(2,3)4)47-20-17-21-52-53(47)61-55(48-34-44(57(5,6)7)35-50(54(48)63)59(11,12)13)62(52)45-26-27-46(39-18-15-14-16-19-39)49(36-45)58(8,9)10;/h14-29,31-36,63H,1-13H3;/q-1;. The summed E-state index contributed by atoms with van der Waals surface area (Å²) in [5, 5.41) is 12.5. The molecule has 2 aromatic heterocycles. The van der Waals surface area contributed by atoms with Gasteiger partial charge in [-0.3, -0.25) is 9.55 Å². The number of hydrogen-bond acceptors (Lipinski definition) is 3.